The lowest BCUT2D eigenvalue weighted by atomic mass is 9.92. The van der Waals surface area contributed by atoms with Crippen LogP contribution < -0.4 is 10.1 Å². The first-order valence-corrected chi connectivity index (χ1v) is 10.4. The maximum atomic E-state index is 13.8. The molecule has 3 rings (SSSR count). The quantitative estimate of drug-likeness (QED) is 0.736. The van der Waals surface area contributed by atoms with Crippen LogP contribution in [0.5, 0.6) is 5.75 Å². The molecule has 0 aromatic heterocycles. The normalized spacial score (nSPS) is 18.1. The number of rotatable bonds is 6. The van der Waals surface area contributed by atoms with E-state index in [-0.39, 0.29) is 12.0 Å². The maximum absolute atomic E-state index is 13.8. The molecule has 1 fully saturated rings. The van der Waals surface area contributed by atoms with Gasteiger partial charge in [0, 0.05) is 19.1 Å². The number of methoxy groups -OCH3 is 1. The molecule has 0 radical (unpaired) electrons. The number of halogens is 2. The number of hydrogen-bond acceptors (Lipinski definition) is 3. The Labute approximate surface area is 177 Å². The molecule has 30 heavy (non-hydrogen) atoms. The van der Waals surface area contributed by atoms with Crippen LogP contribution in [0, 0.1) is 31.4 Å². The van der Waals surface area contributed by atoms with E-state index in [2.05, 4.69) is 37.1 Å². The van der Waals surface area contributed by atoms with Gasteiger partial charge in [-0.05, 0) is 81.0 Å². The molecule has 0 spiro atoms. The van der Waals surface area contributed by atoms with Crippen molar-refractivity contribution in [1.82, 2.24) is 10.2 Å². The highest BCUT2D eigenvalue weighted by molar-refractivity contribution is 5.94. The molecule has 1 saturated heterocycles. The average Bonchev–Trinajstić information content (AvgIpc) is 2.74. The van der Waals surface area contributed by atoms with Crippen molar-refractivity contribution in [2.75, 3.05) is 26.7 Å². The lowest BCUT2D eigenvalue weighted by molar-refractivity contribution is 0.0909. The first kappa shape index (κ1) is 22.2. The lowest BCUT2D eigenvalue weighted by Gasteiger charge is -2.38. The average molecular weight is 417 g/mol. The number of piperidine rings is 1. The molecule has 2 aromatic carbocycles. The van der Waals surface area contributed by atoms with Gasteiger partial charge in [-0.1, -0.05) is 12.1 Å². The van der Waals surface area contributed by atoms with Crippen LogP contribution in [0.3, 0.4) is 0 Å². The number of likely N-dealkylation sites (tertiary alicyclic amines) is 1. The Morgan fingerprint density at radius 3 is 2.57 bits per heavy atom. The van der Waals surface area contributed by atoms with Gasteiger partial charge in [0.05, 0.1) is 7.11 Å². The SMILES string of the molecule is COc1ccc(C(C)N2CCCC(CNC(=O)c3c(F)cccc3F)C2)c(C)c1C. The third-order valence-electron chi connectivity index (χ3n) is 6.29. The van der Waals surface area contributed by atoms with Crippen molar-refractivity contribution in [2.24, 2.45) is 5.92 Å². The zero-order chi connectivity index (χ0) is 21.8. The molecule has 1 N–H and O–H groups in total. The number of benzene rings is 2. The van der Waals surface area contributed by atoms with Crippen LogP contribution in [0.2, 0.25) is 0 Å². The van der Waals surface area contributed by atoms with Gasteiger partial charge in [0.2, 0.25) is 0 Å². The van der Waals surface area contributed by atoms with E-state index in [1.54, 1.807) is 7.11 Å². The second kappa shape index (κ2) is 9.56. The molecule has 1 aliphatic heterocycles. The van der Waals surface area contributed by atoms with E-state index in [9.17, 15) is 13.6 Å². The Bertz CT molecular complexity index is 896. The molecule has 162 valence electrons. The highest BCUT2D eigenvalue weighted by Crippen LogP contribution is 2.32. The predicted molar refractivity (Wildman–Crippen MR) is 114 cm³/mol. The lowest BCUT2D eigenvalue weighted by Crippen LogP contribution is -2.42. The van der Waals surface area contributed by atoms with E-state index in [4.69, 9.17) is 4.74 Å². The fourth-order valence-corrected chi connectivity index (χ4v) is 4.34. The first-order chi connectivity index (χ1) is 14.3. The highest BCUT2D eigenvalue weighted by Gasteiger charge is 2.27. The summed E-state index contributed by atoms with van der Waals surface area (Å²) in [4.78, 5) is 14.7. The van der Waals surface area contributed by atoms with E-state index < -0.39 is 23.1 Å². The van der Waals surface area contributed by atoms with Crippen LogP contribution in [0.15, 0.2) is 30.3 Å². The monoisotopic (exact) mass is 416 g/mol. The zero-order valence-corrected chi connectivity index (χ0v) is 18.1. The number of hydrogen-bond donors (Lipinski definition) is 1. The third kappa shape index (κ3) is 4.64. The van der Waals surface area contributed by atoms with Gasteiger partial charge < -0.3 is 10.1 Å². The van der Waals surface area contributed by atoms with Gasteiger partial charge in [-0.15, -0.1) is 0 Å². The summed E-state index contributed by atoms with van der Waals surface area (Å²) in [5.41, 5.74) is 3.14. The van der Waals surface area contributed by atoms with Crippen molar-refractivity contribution >= 4 is 5.91 Å². The largest absolute Gasteiger partial charge is 0.496 e. The minimum atomic E-state index is -0.836. The van der Waals surface area contributed by atoms with Gasteiger partial charge in [-0.25, -0.2) is 8.78 Å². The van der Waals surface area contributed by atoms with Gasteiger partial charge in [0.15, 0.2) is 0 Å². The van der Waals surface area contributed by atoms with Gasteiger partial charge in [0.25, 0.3) is 5.91 Å². The topological polar surface area (TPSA) is 41.6 Å². The molecular formula is C24H30F2N2O2. The number of nitrogens with zero attached hydrogens (tertiary/aromatic N) is 1. The summed E-state index contributed by atoms with van der Waals surface area (Å²) < 4.78 is 33.1. The summed E-state index contributed by atoms with van der Waals surface area (Å²) >= 11 is 0. The Morgan fingerprint density at radius 2 is 1.90 bits per heavy atom. The van der Waals surface area contributed by atoms with Gasteiger partial charge >= 0.3 is 0 Å². The fourth-order valence-electron chi connectivity index (χ4n) is 4.34. The molecule has 1 heterocycles. The van der Waals surface area contributed by atoms with Crippen LogP contribution in [0.1, 0.15) is 52.9 Å². The van der Waals surface area contributed by atoms with Crippen LogP contribution in [-0.4, -0.2) is 37.6 Å². The number of carbonyl (C=O) groups excluding carboxylic acids is 1. The highest BCUT2D eigenvalue weighted by atomic mass is 19.1. The summed E-state index contributed by atoms with van der Waals surface area (Å²) in [6, 6.07) is 7.82. The minimum absolute atomic E-state index is 0.233. The third-order valence-corrected chi connectivity index (χ3v) is 6.29. The smallest absolute Gasteiger partial charge is 0.257 e. The van der Waals surface area contributed by atoms with E-state index >= 15 is 0 Å². The molecule has 2 atom stereocenters. The van der Waals surface area contributed by atoms with Crippen molar-refractivity contribution in [2.45, 2.75) is 39.7 Å². The molecule has 6 heteroatoms. The van der Waals surface area contributed by atoms with Gasteiger partial charge in [0.1, 0.15) is 22.9 Å². The fraction of sp³-hybridized carbons (Fsp3) is 0.458. The summed E-state index contributed by atoms with van der Waals surface area (Å²) in [6.45, 7) is 8.60. The van der Waals surface area contributed by atoms with Gasteiger partial charge in [-0.3, -0.25) is 9.69 Å². The standard InChI is InChI=1S/C24H30F2N2O2/c1-15-16(2)22(30-4)11-10-19(15)17(3)28-12-6-7-18(14-28)13-27-24(29)23-20(25)8-5-9-21(23)26/h5,8-11,17-18H,6-7,12-14H2,1-4H3,(H,27,29). The second-order valence-electron chi connectivity index (χ2n) is 8.09. The number of nitrogens with one attached hydrogen (secondary N) is 1. The summed E-state index contributed by atoms with van der Waals surface area (Å²) in [5.74, 6) is -1.24. The number of carbonyl (C=O) groups is 1. The molecule has 4 nitrogen and oxygen atoms in total. The Kier molecular flexibility index (Phi) is 7.08. The van der Waals surface area contributed by atoms with Crippen LogP contribution in [0.4, 0.5) is 8.78 Å². The molecular weight excluding hydrogens is 386 g/mol. The molecule has 1 aliphatic rings. The molecule has 1 amide bonds. The van der Waals surface area contributed by atoms with Crippen LogP contribution >= 0.6 is 0 Å². The van der Waals surface area contributed by atoms with Crippen molar-refractivity contribution in [3.63, 3.8) is 0 Å². The van der Waals surface area contributed by atoms with E-state index in [1.165, 1.54) is 17.2 Å². The molecule has 0 saturated carbocycles. The number of ether oxygens (including phenoxy) is 1. The van der Waals surface area contributed by atoms with Crippen molar-refractivity contribution < 1.29 is 18.3 Å². The van der Waals surface area contributed by atoms with E-state index in [0.29, 0.717) is 6.54 Å². The van der Waals surface area contributed by atoms with Crippen molar-refractivity contribution in [3.05, 3.63) is 64.2 Å². The van der Waals surface area contributed by atoms with Crippen molar-refractivity contribution in [1.29, 1.82) is 0 Å². The predicted octanol–water partition coefficient (Wildman–Crippen LogP) is 4.79. The summed E-state index contributed by atoms with van der Waals surface area (Å²) in [7, 11) is 1.68. The molecule has 2 aromatic rings. The molecule has 0 aliphatic carbocycles. The van der Waals surface area contributed by atoms with E-state index in [0.717, 1.165) is 49.4 Å². The van der Waals surface area contributed by atoms with Crippen LogP contribution in [-0.2, 0) is 0 Å². The Hall–Kier alpha value is -2.47. The minimum Gasteiger partial charge on any atom is -0.496 e. The molecule has 2 unspecified atom stereocenters. The maximum Gasteiger partial charge on any atom is 0.257 e. The van der Waals surface area contributed by atoms with Crippen LogP contribution in [0.25, 0.3) is 0 Å². The van der Waals surface area contributed by atoms with Crippen molar-refractivity contribution in [3.8, 4) is 5.75 Å². The number of amides is 1. The van der Waals surface area contributed by atoms with Gasteiger partial charge in [-0.2, -0.15) is 0 Å². The summed E-state index contributed by atoms with van der Waals surface area (Å²) in [6.07, 6.45) is 2.00. The Morgan fingerprint density at radius 1 is 1.20 bits per heavy atom. The summed E-state index contributed by atoms with van der Waals surface area (Å²) in [5, 5.41) is 2.72. The van der Waals surface area contributed by atoms with E-state index in [1.807, 2.05) is 6.07 Å². The Balaban J connectivity index is 1.64. The zero-order valence-electron chi connectivity index (χ0n) is 18.1. The second-order valence-corrected chi connectivity index (χ2v) is 8.09. The first-order valence-electron chi connectivity index (χ1n) is 10.4. The molecule has 0 bridgehead atoms.